The molecule has 0 aliphatic heterocycles. The number of rotatable bonds is 5. The van der Waals surface area contributed by atoms with Crippen LogP contribution in [0.15, 0.2) is 22.5 Å². The summed E-state index contributed by atoms with van der Waals surface area (Å²) in [7, 11) is 0. The molecule has 0 bridgehead atoms. The lowest BCUT2D eigenvalue weighted by Gasteiger charge is -2.03. The molecule has 0 aliphatic rings. The van der Waals surface area contributed by atoms with Gasteiger partial charge in [0.1, 0.15) is 5.56 Å². The van der Waals surface area contributed by atoms with Crippen molar-refractivity contribution in [1.29, 1.82) is 0 Å². The summed E-state index contributed by atoms with van der Waals surface area (Å²) in [5.41, 5.74) is 0.552. The molecular formula is C12H12N4O3S2. The van der Waals surface area contributed by atoms with Gasteiger partial charge in [-0.25, -0.2) is 0 Å². The molecule has 2 rings (SSSR count). The van der Waals surface area contributed by atoms with Crippen LogP contribution in [-0.2, 0) is 0 Å². The fourth-order valence-corrected chi connectivity index (χ4v) is 3.24. The first kappa shape index (κ1) is 15.4. The molecular weight excluding hydrogens is 312 g/mol. The Morgan fingerprint density at radius 3 is 2.90 bits per heavy atom. The van der Waals surface area contributed by atoms with E-state index in [4.69, 9.17) is 0 Å². The van der Waals surface area contributed by atoms with Crippen LogP contribution in [0.5, 0.6) is 0 Å². The van der Waals surface area contributed by atoms with Gasteiger partial charge >= 0.3 is 0 Å². The molecule has 0 spiro atoms. The fourth-order valence-electron chi connectivity index (χ4n) is 1.60. The van der Waals surface area contributed by atoms with E-state index in [1.54, 1.807) is 13.0 Å². The van der Waals surface area contributed by atoms with E-state index in [-0.39, 0.29) is 11.3 Å². The summed E-state index contributed by atoms with van der Waals surface area (Å²) >= 11 is 2.75. The largest absolute Gasteiger partial charge is 0.296 e. The van der Waals surface area contributed by atoms with E-state index >= 15 is 0 Å². The number of nitrogens with zero attached hydrogens (tertiary/aromatic N) is 3. The molecule has 1 aromatic heterocycles. The second-order valence-electron chi connectivity index (χ2n) is 4.04. The van der Waals surface area contributed by atoms with Crippen LogP contribution < -0.4 is 5.32 Å². The van der Waals surface area contributed by atoms with Crippen LogP contribution in [0.2, 0.25) is 0 Å². The van der Waals surface area contributed by atoms with Crippen molar-refractivity contribution in [1.82, 2.24) is 10.2 Å². The summed E-state index contributed by atoms with van der Waals surface area (Å²) in [5.74, 6) is 0.293. The summed E-state index contributed by atoms with van der Waals surface area (Å²) in [6.07, 6.45) is 0. The number of hydrogen-bond donors (Lipinski definition) is 1. The summed E-state index contributed by atoms with van der Waals surface area (Å²) in [4.78, 5) is 22.6. The van der Waals surface area contributed by atoms with Crippen molar-refractivity contribution in [3.8, 4) is 0 Å². The number of aryl methyl sites for hydroxylation is 1. The van der Waals surface area contributed by atoms with Crippen molar-refractivity contribution in [2.24, 2.45) is 0 Å². The zero-order chi connectivity index (χ0) is 15.4. The van der Waals surface area contributed by atoms with E-state index in [9.17, 15) is 14.9 Å². The molecule has 1 N–H and O–H groups in total. The number of benzene rings is 1. The third-order valence-electron chi connectivity index (χ3n) is 2.49. The lowest BCUT2D eigenvalue weighted by Crippen LogP contribution is -2.14. The minimum Gasteiger partial charge on any atom is -0.296 e. The first-order valence-electron chi connectivity index (χ1n) is 6.04. The van der Waals surface area contributed by atoms with Gasteiger partial charge in [-0.15, -0.1) is 10.2 Å². The van der Waals surface area contributed by atoms with Gasteiger partial charge < -0.3 is 0 Å². The Kier molecular flexibility index (Phi) is 4.86. The molecule has 0 unspecified atom stereocenters. The molecule has 110 valence electrons. The number of carbonyl (C=O) groups excluding carboxylic acids is 1. The highest BCUT2D eigenvalue weighted by Gasteiger charge is 2.21. The van der Waals surface area contributed by atoms with E-state index in [1.165, 1.54) is 35.2 Å². The van der Waals surface area contributed by atoms with E-state index in [0.717, 1.165) is 15.7 Å². The Hall–Kier alpha value is -2.00. The number of anilines is 1. The van der Waals surface area contributed by atoms with Gasteiger partial charge in [0, 0.05) is 6.07 Å². The van der Waals surface area contributed by atoms with E-state index in [0.29, 0.717) is 5.13 Å². The number of hydrogen-bond acceptors (Lipinski definition) is 7. The van der Waals surface area contributed by atoms with Crippen molar-refractivity contribution in [3.05, 3.63) is 39.4 Å². The predicted octanol–water partition coefficient (Wildman–Crippen LogP) is 3.12. The zero-order valence-electron chi connectivity index (χ0n) is 11.3. The number of nitrogens with one attached hydrogen (secondary N) is 1. The molecule has 0 atom stereocenters. The smallest absolute Gasteiger partial charge is 0.282 e. The molecule has 1 amide bonds. The minimum atomic E-state index is -0.577. The summed E-state index contributed by atoms with van der Waals surface area (Å²) in [5, 5.41) is 21.6. The normalized spacial score (nSPS) is 10.4. The first-order valence-corrected chi connectivity index (χ1v) is 7.84. The SMILES string of the molecule is CCSc1nnc(NC(=O)c2cc(C)ccc2[N+](=O)[O-])s1. The molecule has 21 heavy (non-hydrogen) atoms. The highest BCUT2D eigenvalue weighted by atomic mass is 32.2. The Morgan fingerprint density at radius 1 is 1.48 bits per heavy atom. The summed E-state index contributed by atoms with van der Waals surface area (Å²) in [6.45, 7) is 3.75. The molecule has 7 nitrogen and oxygen atoms in total. The summed E-state index contributed by atoms with van der Waals surface area (Å²) in [6, 6.07) is 4.40. The molecule has 0 saturated heterocycles. The van der Waals surface area contributed by atoms with Crippen molar-refractivity contribution in [3.63, 3.8) is 0 Å². The molecule has 0 radical (unpaired) electrons. The Bertz CT molecular complexity index is 687. The predicted molar refractivity (Wildman–Crippen MR) is 82.1 cm³/mol. The van der Waals surface area contributed by atoms with Crippen molar-refractivity contribution in [2.75, 3.05) is 11.1 Å². The van der Waals surface area contributed by atoms with Crippen LogP contribution in [0.3, 0.4) is 0 Å². The van der Waals surface area contributed by atoms with Gasteiger partial charge in [0.05, 0.1) is 4.92 Å². The number of thioether (sulfide) groups is 1. The van der Waals surface area contributed by atoms with Gasteiger partial charge in [0.15, 0.2) is 4.34 Å². The number of amides is 1. The number of aromatic nitrogens is 2. The topological polar surface area (TPSA) is 98.0 Å². The van der Waals surface area contributed by atoms with Gasteiger partial charge in [0.25, 0.3) is 11.6 Å². The van der Waals surface area contributed by atoms with Gasteiger partial charge in [-0.3, -0.25) is 20.2 Å². The average Bonchev–Trinajstić information content (AvgIpc) is 2.86. The summed E-state index contributed by atoms with van der Waals surface area (Å²) < 4.78 is 0.742. The first-order chi connectivity index (χ1) is 10.0. The van der Waals surface area contributed by atoms with Crippen molar-refractivity contribution < 1.29 is 9.72 Å². The maximum absolute atomic E-state index is 12.2. The molecule has 1 heterocycles. The molecule has 9 heteroatoms. The molecule has 0 aliphatic carbocycles. The van der Waals surface area contributed by atoms with E-state index < -0.39 is 10.8 Å². The number of nitro benzene ring substituents is 1. The highest BCUT2D eigenvalue weighted by Crippen LogP contribution is 2.26. The second kappa shape index (κ2) is 6.64. The molecule has 2 aromatic rings. The van der Waals surface area contributed by atoms with Crippen LogP contribution in [0.4, 0.5) is 10.8 Å². The number of nitro groups is 1. The highest BCUT2D eigenvalue weighted by molar-refractivity contribution is 8.01. The fraction of sp³-hybridized carbons (Fsp3) is 0.250. The van der Waals surface area contributed by atoms with Crippen LogP contribution in [0, 0.1) is 17.0 Å². The third kappa shape index (κ3) is 3.76. The zero-order valence-corrected chi connectivity index (χ0v) is 13.0. The van der Waals surface area contributed by atoms with Gasteiger partial charge in [-0.05, 0) is 24.3 Å². The molecule has 0 fully saturated rings. The van der Waals surface area contributed by atoms with Gasteiger partial charge in [-0.2, -0.15) is 0 Å². The second-order valence-corrected chi connectivity index (χ2v) is 6.53. The van der Waals surface area contributed by atoms with Crippen LogP contribution in [-0.4, -0.2) is 26.8 Å². The van der Waals surface area contributed by atoms with Crippen molar-refractivity contribution in [2.45, 2.75) is 18.2 Å². The minimum absolute atomic E-state index is 0.0138. The maximum atomic E-state index is 12.2. The quantitative estimate of drug-likeness (QED) is 0.393. The molecule has 0 saturated carbocycles. The molecule has 1 aromatic carbocycles. The van der Waals surface area contributed by atoms with Crippen LogP contribution in [0.25, 0.3) is 0 Å². The van der Waals surface area contributed by atoms with Gasteiger partial charge in [0.2, 0.25) is 5.13 Å². The number of carbonyl (C=O) groups is 1. The lowest BCUT2D eigenvalue weighted by molar-refractivity contribution is -0.385. The lowest BCUT2D eigenvalue weighted by atomic mass is 10.1. The standard InChI is InChI=1S/C12H12N4O3S2/c1-3-20-12-15-14-11(21-12)13-10(17)8-6-7(2)4-5-9(8)16(18)19/h4-6H,3H2,1-2H3,(H,13,14,17). The average molecular weight is 324 g/mol. The Labute approximate surface area is 128 Å². The van der Waals surface area contributed by atoms with Crippen LogP contribution in [0.1, 0.15) is 22.8 Å². The Balaban J connectivity index is 2.23. The Morgan fingerprint density at radius 2 is 2.24 bits per heavy atom. The maximum Gasteiger partial charge on any atom is 0.282 e. The van der Waals surface area contributed by atoms with E-state index in [1.807, 2.05) is 6.92 Å². The van der Waals surface area contributed by atoms with Crippen molar-refractivity contribution >= 4 is 39.8 Å². The van der Waals surface area contributed by atoms with E-state index in [2.05, 4.69) is 15.5 Å². The van der Waals surface area contributed by atoms with Gasteiger partial charge in [-0.1, -0.05) is 36.1 Å². The third-order valence-corrected chi connectivity index (χ3v) is 4.34. The van der Waals surface area contributed by atoms with Crippen LogP contribution >= 0.6 is 23.1 Å². The monoisotopic (exact) mass is 324 g/mol.